The smallest absolute Gasteiger partial charge is 0.251 e. The van der Waals surface area contributed by atoms with E-state index in [0.717, 1.165) is 18.4 Å². The van der Waals surface area contributed by atoms with Crippen LogP contribution < -0.4 is 25.8 Å². The summed E-state index contributed by atoms with van der Waals surface area (Å²) in [5, 5.41) is 5.93. The summed E-state index contributed by atoms with van der Waals surface area (Å²) < 4.78 is 25.3. The van der Waals surface area contributed by atoms with Gasteiger partial charge in [0.1, 0.15) is 17.3 Å². The lowest BCUT2D eigenvalue weighted by molar-refractivity contribution is -0.119. The van der Waals surface area contributed by atoms with Crippen molar-refractivity contribution >= 4 is 17.5 Å². The fourth-order valence-electron chi connectivity index (χ4n) is 4.67. The zero-order valence-corrected chi connectivity index (χ0v) is 25.2. The molecule has 0 aliphatic heterocycles. The lowest BCUT2D eigenvalue weighted by Gasteiger charge is -2.27. The van der Waals surface area contributed by atoms with Gasteiger partial charge in [-0.3, -0.25) is 9.59 Å². The standard InChI is InChI=1S/C34H44FN3O4/c1-6-28(7-2)42-30-20-25(19-29(21-30)41-22(3)4)34(40)38-32(18-24-11-9-8-10-12-24)31(36)17-23(5)33(39)37-27-15-13-26(35)14-16-27/h8-16,19-23,28,31-32H,6-7,17-18,36H2,1-5H3,(H,37,39)(H,38,40)/t23-,31+,32+/m1/s1. The second-order valence-electron chi connectivity index (χ2n) is 11.0. The van der Waals surface area contributed by atoms with Gasteiger partial charge in [0, 0.05) is 35.3 Å². The minimum Gasteiger partial charge on any atom is -0.491 e. The van der Waals surface area contributed by atoms with E-state index < -0.39 is 18.0 Å². The van der Waals surface area contributed by atoms with Crippen LogP contribution in [0, 0.1) is 11.7 Å². The topological polar surface area (TPSA) is 103 Å². The van der Waals surface area contributed by atoms with E-state index in [4.69, 9.17) is 15.2 Å². The van der Waals surface area contributed by atoms with Crippen molar-refractivity contribution in [2.24, 2.45) is 11.7 Å². The summed E-state index contributed by atoms with van der Waals surface area (Å²) >= 11 is 0. The highest BCUT2D eigenvalue weighted by atomic mass is 19.1. The fourth-order valence-corrected chi connectivity index (χ4v) is 4.67. The molecule has 0 saturated heterocycles. The number of carbonyl (C=O) groups is 2. The zero-order chi connectivity index (χ0) is 30.6. The van der Waals surface area contributed by atoms with Crippen LogP contribution in [0.3, 0.4) is 0 Å². The van der Waals surface area contributed by atoms with Crippen LogP contribution in [-0.2, 0) is 11.2 Å². The molecule has 42 heavy (non-hydrogen) atoms. The van der Waals surface area contributed by atoms with Crippen molar-refractivity contribution in [1.29, 1.82) is 0 Å². The second kappa shape index (κ2) is 15.9. The van der Waals surface area contributed by atoms with Gasteiger partial charge >= 0.3 is 0 Å². The summed E-state index contributed by atoms with van der Waals surface area (Å²) in [5.74, 6) is -0.251. The number of anilines is 1. The SMILES string of the molecule is CCC(CC)Oc1cc(OC(C)C)cc(C(=O)N[C@@H](Cc2ccccc2)[C@@H](N)C[C@@H](C)C(=O)Nc2ccc(F)cc2)c1. The number of carbonyl (C=O) groups excluding carboxylic acids is 2. The minimum atomic E-state index is -0.529. The van der Waals surface area contributed by atoms with Gasteiger partial charge in [0.15, 0.2) is 0 Å². The average molecular weight is 578 g/mol. The maximum Gasteiger partial charge on any atom is 0.251 e. The normalized spacial score (nSPS) is 13.4. The largest absolute Gasteiger partial charge is 0.491 e. The third-order valence-corrected chi connectivity index (χ3v) is 7.04. The number of nitrogens with one attached hydrogen (secondary N) is 2. The van der Waals surface area contributed by atoms with Crippen LogP contribution in [0.4, 0.5) is 10.1 Å². The Kier molecular flexibility index (Phi) is 12.4. The van der Waals surface area contributed by atoms with E-state index in [1.54, 1.807) is 19.1 Å². The highest BCUT2D eigenvalue weighted by Gasteiger charge is 2.26. The van der Waals surface area contributed by atoms with Crippen LogP contribution in [0.2, 0.25) is 0 Å². The van der Waals surface area contributed by atoms with Gasteiger partial charge in [-0.05, 0) is 81.5 Å². The highest BCUT2D eigenvalue weighted by molar-refractivity contribution is 5.95. The van der Waals surface area contributed by atoms with E-state index in [1.165, 1.54) is 24.3 Å². The van der Waals surface area contributed by atoms with E-state index >= 15 is 0 Å². The Morgan fingerprint density at radius 2 is 1.50 bits per heavy atom. The fraction of sp³-hybridized carbons (Fsp3) is 0.412. The molecular weight excluding hydrogens is 533 g/mol. The molecule has 4 N–H and O–H groups in total. The van der Waals surface area contributed by atoms with Gasteiger partial charge in [-0.2, -0.15) is 0 Å². The van der Waals surface area contributed by atoms with Gasteiger partial charge in [0.05, 0.1) is 12.2 Å². The molecule has 226 valence electrons. The first-order chi connectivity index (χ1) is 20.1. The number of halogens is 1. The van der Waals surface area contributed by atoms with Crippen molar-refractivity contribution in [1.82, 2.24) is 5.32 Å². The van der Waals surface area contributed by atoms with Crippen molar-refractivity contribution in [3.05, 3.63) is 89.7 Å². The molecule has 3 aromatic carbocycles. The number of benzene rings is 3. The first kappa shape index (κ1) is 32.6. The molecule has 0 spiro atoms. The van der Waals surface area contributed by atoms with Crippen molar-refractivity contribution in [3.63, 3.8) is 0 Å². The number of amides is 2. The third kappa shape index (κ3) is 10.2. The summed E-state index contributed by atoms with van der Waals surface area (Å²) in [6.07, 6.45) is 2.44. The van der Waals surface area contributed by atoms with Crippen molar-refractivity contribution in [3.8, 4) is 11.5 Å². The molecule has 3 atom stereocenters. The molecule has 0 saturated carbocycles. The van der Waals surface area contributed by atoms with Crippen LogP contribution in [0.1, 0.15) is 69.8 Å². The Bertz CT molecular complexity index is 1280. The molecule has 0 unspecified atom stereocenters. The minimum absolute atomic E-state index is 0.0250. The number of hydrogen-bond donors (Lipinski definition) is 3. The van der Waals surface area contributed by atoms with Gasteiger partial charge in [-0.15, -0.1) is 0 Å². The lowest BCUT2D eigenvalue weighted by atomic mass is 9.92. The molecule has 3 aromatic rings. The van der Waals surface area contributed by atoms with E-state index in [1.807, 2.05) is 50.2 Å². The first-order valence-corrected chi connectivity index (χ1v) is 14.7. The lowest BCUT2D eigenvalue weighted by Crippen LogP contribution is -2.50. The number of ether oxygens (including phenoxy) is 2. The van der Waals surface area contributed by atoms with E-state index in [2.05, 4.69) is 24.5 Å². The first-order valence-electron chi connectivity index (χ1n) is 14.7. The van der Waals surface area contributed by atoms with Gasteiger partial charge < -0.3 is 25.8 Å². The van der Waals surface area contributed by atoms with Gasteiger partial charge in [-0.25, -0.2) is 4.39 Å². The van der Waals surface area contributed by atoms with Gasteiger partial charge in [0.25, 0.3) is 5.91 Å². The van der Waals surface area contributed by atoms with Crippen LogP contribution in [0.15, 0.2) is 72.8 Å². The zero-order valence-electron chi connectivity index (χ0n) is 25.2. The van der Waals surface area contributed by atoms with Crippen molar-refractivity contribution in [2.75, 3.05) is 5.32 Å². The maximum atomic E-state index is 13.7. The summed E-state index contributed by atoms with van der Waals surface area (Å²) in [5.41, 5.74) is 8.60. The van der Waals surface area contributed by atoms with Crippen LogP contribution >= 0.6 is 0 Å². The Morgan fingerprint density at radius 1 is 0.881 bits per heavy atom. The summed E-state index contributed by atoms with van der Waals surface area (Å²) in [7, 11) is 0. The Hall–Kier alpha value is -3.91. The van der Waals surface area contributed by atoms with Crippen molar-refractivity contribution < 1.29 is 23.5 Å². The monoisotopic (exact) mass is 577 g/mol. The molecule has 0 fully saturated rings. The van der Waals surface area contributed by atoms with E-state index in [0.29, 0.717) is 35.6 Å². The summed E-state index contributed by atoms with van der Waals surface area (Å²) in [4.78, 5) is 26.5. The van der Waals surface area contributed by atoms with Gasteiger partial charge in [0.2, 0.25) is 5.91 Å². The molecule has 0 aliphatic rings. The molecule has 0 aromatic heterocycles. The number of hydrogen-bond acceptors (Lipinski definition) is 5. The van der Waals surface area contributed by atoms with Gasteiger partial charge in [-0.1, -0.05) is 51.1 Å². The Labute approximate surface area is 249 Å². The molecule has 0 heterocycles. The molecule has 8 heteroatoms. The molecule has 0 radical (unpaired) electrons. The Morgan fingerprint density at radius 3 is 2.10 bits per heavy atom. The van der Waals surface area contributed by atoms with Crippen LogP contribution in [-0.4, -0.2) is 36.1 Å². The second-order valence-corrected chi connectivity index (χ2v) is 11.0. The Balaban J connectivity index is 1.80. The number of rotatable bonds is 15. The molecule has 0 aliphatic carbocycles. The molecule has 2 amide bonds. The molecule has 3 rings (SSSR count). The average Bonchev–Trinajstić information content (AvgIpc) is 2.96. The van der Waals surface area contributed by atoms with Crippen molar-refractivity contribution in [2.45, 2.75) is 84.6 Å². The molecule has 7 nitrogen and oxygen atoms in total. The van der Waals surface area contributed by atoms with E-state index in [9.17, 15) is 14.0 Å². The third-order valence-electron chi connectivity index (χ3n) is 7.04. The van der Waals surface area contributed by atoms with Crippen LogP contribution in [0.25, 0.3) is 0 Å². The summed E-state index contributed by atoms with van der Waals surface area (Å²) in [6, 6.07) is 19.6. The quantitative estimate of drug-likeness (QED) is 0.191. The highest BCUT2D eigenvalue weighted by Crippen LogP contribution is 2.26. The van der Waals surface area contributed by atoms with E-state index in [-0.39, 0.29) is 29.8 Å². The maximum absolute atomic E-state index is 13.7. The van der Waals surface area contributed by atoms with Crippen LogP contribution in [0.5, 0.6) is 11.5 Å². The molecule has 0 bridgehead atoms. The predicted molar refractivity (Wildman–Crippen MR) is 165 cm³/mol. The molecular formula is C34H44FN3O4. The number of nitrogens with two attached hydrogens (primary N) is 1. The predicted octanol–water partition coefficient (Wildman–Crippen LogP) is 6.51. The summed E-state index contributed by atoms with van der Waals surface area (Å²) in [6.45, 7) is 9.76.